The summed E-state index contributed by atoms with van der Waals surface area (Å²) in [6.07, 6.45) is 1.09. The molecule has 2 amide bonds. The predicted octanol–water partition coefficient (Wildman–Crippen LogP) is 1.19. The van der Waals surface area contributed by atoms with Crippen LogP contribution < -0.4 is 15.5 Å². The fourth-order valence-electron chi connectivity index (χ4n) is 2.43. The van der Waals surface area contributed by atoms with E-state index in [2.05, 4.69) is 27.7 Å². The zero-order chi connectivity index (χ0) is 14.4. The SMILES string of the molecule is CC(CO)NC(=O)NCC1CCN(c2ccccc2)C1. The van der Waals surface area contributed by atoms with Crippen LogP contribution in [0.4, 0.5) is 10.5 Å². The van der Waals surface area contributed by atoms with E-state index in [0.717, 1.165) is 19.5 Å². The van der Waals surface area contributed by atoms with Crippen LogP contribution in [0.15, 0.2) is 30.3 Å². The highest BCUT2D eigenvalue weighted by molar-refractivity contribution is 5.74. The summed E-state index contributed by atoms with van der Waals surface area (Å²) >= 11 is 0. The fraction of sp³-hybridized carbons (Fsp3) is 0.533. The van der Waals surface area contributed by atoms with Crippen molar-refractivity contribution in [2.75, 3.05) is 31.1 Å². The predicted molar refractivity (Wildman–Crippen MR) is 79.8 cm³/mol. The van der Waals surface area contributed by atoms with Gasteiger partial charge >= 0.3 is 6.03 Å². The van der Waals surface area contributed by atoms with Crippen LogP contribution in [-0.4, -0.2) is 43.4 Å². The number of anilines is 1. The normalized spacial score (nSPS) is 19.7. The van der Waals surface area contributed by atoms with Crippen molar-refractivity contribution in [3.05, 3.63) is 30.3 Å². The van der Waals surface area contributed by atoms with Gasteiger partial charge in [0.05, 0.1) is 12.6 Å². The maximum Gasteiger partial charge on any atom is 0.315 e. The number of aliphatic hydroxyl groups is 1. The van der Waals surface area contributed by atoms with Gasteiger partial charge in [0.2, 0.25) is 0 Å². The minimum atomic E-state index is -0.209. The number of hydrogen-bond donors (Lipinski definition) is 3. The number of nitrogens with one attached hydrogen (secondary N) is 2. The second-order valence-corrected chi connectivity index (χ2v) is 5.37. The van der Waals surface area contributed by atoms with Crippen molar-refractivity contribution in [2.24, 2.45) is 5.92 Å². The molecule has 0 aliphatic carbocycles. The number of carbonyl (C=O) groups is 1. The molecule has 1 saturated heterocycles. The Morgan fingerprint density at radius 3 is 2.90 bits per heavy atom. The third-order valence-electron chi connectivity index (χ3n) is 3.61. The number of carbonyl (C=O) groups excluding carboxylic acids is 1. The van der Waals surface area contributed by atoms with Gasteiger partial charge in [-0.25, -0.2) is 4.79 Å². The molecule has 0 aromatic heterocycles. The smallest absolute Gasteiger partial charge is 0.315 e. The number of urea groups is 1. The number of amides is 2. The average Bonchev–Trinajstić information content (AvgIpc) is 2.95. The molecule has 20 heavy (non-hydrogen) atoms. The Morgan fingerprint density at radius 1 is 1.45 bits per heavy atom. The molecule has 5 heteroatoms. The second kappa shape index (κ2) is 7.14. The lowest BCUT2D eigenvalue weighted by molar-refractivity contribution is 0.219. The first-order chi connectivity index (χ1) is 9.69. The van der Waals surface area contributed by atoms with Gasteiger partial charge in [0.1, 0.15) is 0 Å². The molecule has 0 radical (unpaired) electrons. The van der Waals surface area contributed by atoms with E-state index in [9.17, 15) is 4.79 Å². The molecule has 1 heterocycles. The quantitative estimate of drug-likeness (QED) is 0.757. The summed E-state index contributed by atoms with van der Waals surface area (Å²) in [4.78, 5) is 13.9. The van der Waals surface area contributed by atoms with Crippen molar-refractivity contribution in [2.45, 2.75) is 19.4 Å². The highest BCUT2D eigenvalue weighted by Crippen LogP contribution is 2.22. The summed E-state index contributed by atoms with van der Waals surface area (Å²) in [6, 6.07) is 9.93. The van der Waals surface area contributed by atoms with Crippen molar-refractivity contribution in [1.29, 1.82) is 0 Å². The lowest BCUT2D eigenvalue weighted by atomic mass is 10.1. The third kappa shape index (κ3) is 4.13. The highest BCUT2D eigenvalue weighted by Gasteiger charge is 2.22. The van der Waals surface area contributed by atoms with Crippen molar-refractivity contribution in [1.82, 2.24) is 10.6 Å². The van der Waals surface area contributed by atoms with E-state index in [1.54, 1.807) is 6.92 Å². The number of para-hydroxylation sites is 1. The Kier molecular flexibility index (Phi) is 5.24. The lowest BCUT2D eigenvalue weighted by Crippen LogP contribution is -2.44. The summed E-state index contributed by atoms with van der Waals surface area (Å²) in [5.74, 6) is 0.477. The van der Waals surface area contributed by atoms with E-state index in [-0.39, 0.29) is 18.7 Å². The van der Waals surface area contributed by atoms with Crippen LogP contribution in [0.3, 0.4) is 0 Å². The molecule has 1 aliphatic rings. The topological polar surface area (TPSA) is 64.6 Å². The Hall–Kier alpha value is -1.75. The molecule has 3 N–H and O–H groups in total. The monoisotopic (exact) mass is 277 g/mol. The maximum absolute atomic E-state index is 11.6. The molecule has 5 nitrogen and oxygen atoms in total. The van der Waals surface area contributed by atoms with Gasteiger partial charge < -0.3 is 20.6 Å². The maximum atomic E-state index is 11.6. The van der Waals surface area contributed by atoms with Crippen LogP contribution in [0.2, 0.25) is 0 Å². The summed E-state index contributed by atoms with van der Waals surface area (Å²) in [5, 5.41) is 14.4. The molecular formula is C15H23N3O2. The molecule has 2 atom stereocenters. The zero-order valence-electron chi connectivity index (χ0n) is 11.9. The van der Waals surface area contributed by atoms with Gasteiger partial charge in [-0.2, -0.15) is 0 Å². The fourth-order valence-corrected chi connectivity index (χ4v) is 2.43. The first-order valence-electron chi connectivity index (χ1n) is 7.14. The van der Waals surface area contributed by atoms with Crippen LogP contribution >= 0.6 is 0 Å². The molecular weight excluding hydrogens is 254 g/mol. The number of rotatable bonds is 5. The molecule has 2 rings (SSSR count). The minimum Gasteiger partial charge on any atom is -0.394 e. The number of benzene rings is 1. The van der Waals surface area contributed by atoms with Crippen molar-refractivity contribution >= 4 is 11.7 Å². The van der Waals surface area contributed by atoms with Crippen molar-refractivity contribution in [3.63, 3.8) is 0 Å². The number of aliphatic hydroxyl groups excluding tert-OH is 1. The highest BCUT2D eigenvalue weighted by atomic mass is 16.3. The minimum absolute atomic E-state index is 0.0430. The van der Waals surface area contributed by atoms with E-state index in [0.29, 0.717) is 12.5 Å². The van der Waals surface area contributed by atoms with E-state index in [1.807, 2.05) is 18.2 Å². The van der Waals surface area contributed by atoms with Gasteiger partial charge in [-0.05, 0) is 31.4 Å². The Labute approximate surface area is 120 Å². The van der Waals surface area contributed by atoms with Gasteiger partial charge in [-0.3, -0.25) is 0 Å². The Bertz CT molecular complexity index is 424. The summed E-state index contributed by atoms with van der Waals surface area (Å²) in [6.45, 7) is 4.41. The summed E-state index contributed by atoms with van der Waals surface area (Å²) in [7, 11) is 0. The van der Waals surface area contributed by atoms with Gasteiger partial charge in [-0.1, -0.05) is 18.2 Å². The zero-order valence-corrected chi connectivity index (χ0v) is 11.9. The molecule has 0 saturated carbocycles. The molecule has 2 unspecified atom stereocenters. The lowest BCUT2D eigenvalue weighted by Gasteiger charge is -2.19. The van der Waals surface area contributed by atoms with E-state index < -0.39 is 0 Å². The molecule has 1 aromatic carbocycles. The van der Waals surface area contributed by atoms with Gasteiger partial charge in [0.25, 0.3) is 0 Å². The second-order valence-electron chi connectivity index (χ2n) is 5.37. The van der Waals surface area contributed by atoms with Crippen molar-refractivity contribution in [3.8, 4) is 0 Å². The van der Waals surface area contributed by atoms with E-state index in [4.69, 9.17) is 5.11 Å². The van der Waals surface area contributed by atoms with E-state index in [1.165, 1.54) is 5.69 Å². The first-order valence-corrected chi connectivity index (χ1v) is 7.14. The van der Waals surface area contributed by atoms with Crippen LogP contribution in [0, 0.1) is 5.92 Å². The summed E-state index contributed by atoms with van der Waals surface area (Å²) < 4.78 is 0. The van der Waals surface area contributed by atoms with Crippen LogP contribution in [-0.2, 0) is 0 Å². The number of hydrogen-bond acceptors (Lipinski definition) is 3. The largest absolute Gasteiger partial charge is 0.394 e. The van der Waals surface area contributed by atoms with Crippen LogP contribution in [0.5, 0.6) is 0 Å². The number of nitrogens with zero attached hydrogens (tertiary/aromatic N) is 1. The Balaban J connectivity index is 1.73. The van der Waals surface area contributed by atoms with Crippen LogP contribution in [0.25, 0.3) is 0 Å². The summed E-state index contributed by atoms with van der Waals surface area (Å²) in [5.41, 5.74) is 1.24. The van der Waals surface area contributed by atoms with Crippen LogP contribution in [0.1, 0.15) is 13.3 Å². The molecule has 110 valence electrons. The molecule has 1 aromatic rings. The van der Waals surface area contributed by atoms with E-state index >= 15 is 0 Å². The standard InChI is InChI=1S/C15H23N3O2/c1-12(11-19)17-15(20)16-9-13-7-8-18(10-13)14-5-3-2-4-6-14/h2-6,12-13,19H,7-11H2,1H3,(H2,16,17,20). The Morgan fingerprint density at radius 2 is 2.20 bits per heavy atom. The first kappa shape index (κ1) is 14.7. The molecule has 0 spiro atoms. The van der Waals surface area contributed by atoms with Gasteiger partial charge in [-0.15, -0.1) is 0 Å². The van der Waals surface area contributed by atoms with Crippen molar-refractivity contribution < 1.29 is 9.90 Å². The molecule has 0 bridgehead atoms. The third-order valence-corrected chi connectivity index (χ3v) is 3.61. The molecule has 1 aliphatic heterocycles. The van der Waals surface area contributed by atoms with Gasteiger partial charge in [0, 0.05) is 25.3 Å². The average molecular weight is 277 g/mol. The van der Waals surface area contributed by atoms with Gasteiger partial charge in [0.15, 0.2) is 0 Å². The molecule has 1 fully saturated rings.